The summed E-state index contributed by atoms with van der Waals surface area (Å²) in [5.74, 6) is -2.09. The van der Waals surface area contributed by atoms with Gasteiger partial charge in [-0.25, -0.2) is 8.78 Å². The minimum Gasteiger partial charge on any atom is -0.496 e. The van der Waals surface area contributed by atoms with Gasteiger partial charge in [0.25, 0.3) is 5.91 Å². The van der Waals surface area contributed by atoms with Gasteiger partial charge >= 0.3 is 0 Å². The summed E-state index contributed by atoms with van der Waals surface area (Å²) in [5, 5.41) is 23.5. The summed E-state index contributed by atoms with van der Waals surface area (Å²) in [4.78, 5) is 12.5. The van der Waals surface area contributed by atoms with E-state index in [0.717, 1.165) is 12.1 Å². The van der Waals surface area contributed by atoms with Gasteiger partial charge in [0.1, 0.15) is 23.7 Å². The number of aromatic nitrogens is 4. The molecule has 1 unspecified atom stereocenters. The van der Waals surface area contributed by atoms with E-state index in [1.54, 1.807) is 0 Å². The number of carbonyl (C=O) groups excluding carboxylic acids is 1. The van der Waals surface area contributed by atoms with Crippen LogP contribution in [0.15, 0.2) is 36.7 Å². The lowest BCUT2D eigenvalue weighted by molar-refractivity contribution is 0.0911. The third-order valence-electron chi connectivity index (χ3n) is 3.89. The first-order valence-corrected chi connectivity index (χ1v) is 8.30. The van der Waals surface area contributed by atoms with Crippen LogP contribution in [-0.2, 0) is 0 Å². The molecule has 28 heavy (non-hydrogen) atoms. The van der Waals surface area contributed by atoms with E-state index in [2.05, 4.69) is 20.8 Å². The Morgan fingerprint density at radius 1 is 1.36 bits per heavy atom. The van der Waals surface area contributed by atoms with Crippen LogP contribution < -0.4 is 10.1 Å². The van der Waals surface area contributed by atoms with E-state index in [4.69, 9.17) is 16.3 Å². The van der Waals surface area contributed by atoms with Crippen molar-refractivity contribution >= 4 is 17.5 Å². The minimum atomic E-state index is -1.37. The van der Waals surface area contributed by atoms with Crippen LogP contribution in [0.4, 0.5) is 8.78 Å². The maximum absolute atomic E-state index is 13.7. The van der Waals surface area contributed by atoms with Crippen LogP contribution in [-0.4, -0.2) is 44.9 Å². The molecule has 11 heteroatoms. The quantitative estimate of drug-likeness (QED) is 0.646. The fourth-order valence-electron chi connectivity index (χ4n) is 2.50. The number of halogens is 3. The van der Waals surface area contributed by atoms with Gasteiger partial charge in [0, 0.05) is 24.2 Å². The average Bonchev–Trinajstić information content (AvgIpc) is 3.20. The standard InChI is InChI=1S/C17H14ClF2N5O3/c1-28-16-6-14(25-8-22-23-24-25)12(18)5-11(16)17(27)21-7-15(26)10-3-2-9(19)4-13(10)20/h2-6,8,15,26H,7H2,1H3,(H,21,27). The van der Waals surface area contributed by atoms with Crippen molar-refractivity contribution in [1.29, 1.82) is 0 Å². The van der Waals surface area contributed by atoms with Gasteiger partial charge in [-0.2, -0.15) is 4.68 Å². The van der Waals surface area contributed by atoms with Crippen LogP contribution in [0.3, 0.4) is 0 Å². The van der Waals surface area contributed by atoms with Crippen LogP contribution in [0.1, 0.15) is 22.0 Å². The van der Waals surface area contributed by atoms with Crippen molar-refractivity contribution < 1.29 is 23.4 Å². The van der Waals surface area contributed by atoms with Gasteiger partial charge in [0.05, 0.1) is 29.5 Å². The number of ether oxygens (including phenoxy) is 1. The molecule has 1 atom stereocenters. The van der Waals surface area contributed by atoms with Gasteiger partial charge in [-0.1, -0.05) is 17.7 Å². The summed E-state index contributed by atoms with van der Waals surface area (Å²) in [7, 11) is 1.37. The Kier molecular flexibility index (Phi) is 5.81. The molecule has 2 aromatic carbocycles. The molecule has 0 bridgehead atoms. The topological polar surface area (TPSA) is 102 Å². The molecule has 2 N–H and O–H groups in total. The minimum absolute atomic E-state index is 0.0936. The first-order chi connectivity index (χ1) is 13.4. The number of benzene rings is 2. The van der Waals surface area contributed by atoms with Gasteiger partial charge < -0.3 is 15.2 Å². The highest BCUT2D eigenvalue weighted by molar-refractivity contribution is 6.33. The summed E-state index contributed by atoms with van der Waals surface area (Å²) >= 11 is 6.20. The number of hydrogen-bond donors (Lipinski definition) is 2. The summed E-state index contributed by atoms with van der Waals surface area (Å²) < 4.78 is 33.2. The van der Waals surface area contributed by atoms with Gasteiger partial charge in [0.2, 0.25) is 0 Å². The first kappa shape index (κ1) is 19.6. The fraction of sp³-hybridized carbons (Fsp3) is 0.176. The Hall–Kier alpha value is -3.11. The first-order valence-electron chi connectivity index (χ1n) is 7.92. The molecule has 0 saturated carbocycles. The third kappa shape index (κ3) is 4.07. The van der Waals surface area contributed by atoms with Crippen LogP contribution in [0.25, 0.3) is 5.69 Å². The predicted molar refractivity (Wildman–Crippen MR) is 94.4 cm³/mol. The second-order valence-electron chi connectivity index (χ2n) is 5.65. The Morgan fingerprint density at radius 2 is 2.14 bits per heavy atom. The largest absolute Gasteiger partial charge is 0.496 e. The number of hydrogen-bond acceptors (Lipinski definition) is 6. The number of carbonyl (C=O) groups is 1. The van der Waals surface area contributed by atoms with Crippen molar-refractivity contribution in [3.8, 4) is 11.4 Å². The van der Waals surface area contributed by atoms with Gasteiger partial charge in [-0.15, -0.1) is 5.10 Å². The molecule has 0 aliphatic carbocycles. The highest BCUT2D eigenvalue weighted by atomic mass is 35.5. The number of aliphatic hydroxyl groups excluding tert-OH is 1. The van der Waals surface area contributed by atoms with E-state index >= 15 is 0 Å². The second-order valence-corrected chi connectivity index (χ2v) is 6.06. The smallest absolute Gasteiger partial charge is 0.255 e. The lowest BCUT2D eigenvalue weighted by atomic mass is 10.1. The summed E-state index contributed by atoms with van der Waals surface area (Å²) in [6, 6.07) is 5.62. The Labute approximate surface area is 162 Å². The van der Waals surface area contributed by atoms with Crippen molar-refractivity contribution in [3.05, 3.63) is 64.4 Å². The Balaban J connectivity index is 1.77. The molecule has 1 amide bonds. The second kappa shape index (κ2) is 8.28. The summed E-state index contributed by atoms with van der Waals surface area (Å²) in [6.07, 6.45) is -0.0416. The van der Waals surface area contributed by atoms with E-state index in [-0.39, 0.29) is 28.4 Å². The number of rotatable bonds is 6. The zero-order chi connectivity index (χ0) is 20.3. The Morgan fingerprint density at radius 3 is 2.79 bits per heavy atom. The zero-order valence-corrected chi connectivity index (χ0v) is 15.2. The number of tetrazole rings is 1. The van der Waals surface area contributed by atoms with E-state index in [1.807, 2.05) is 0 Å². The molecule has 146 valence electrons. The van der Waals surface area contributed by atoms with Crippen LogP contribution in [0.5, 0.6) is 5.75 Å². The molecular formula is C17H14ClF2N5O3. The maximum Gasteiger partial charge on any atom is 0.255 e. The highest BCUT2D eigenvalue weighted by Gasteiger charge is 2.19. The molecule has 8 nitrogen and oxygen atoms in total. The van der Waals surface area contributed by atoms with Crippen molar-refractivity contribution in [3.63, 3.8) is 0 Å². The molecule has 0 aliphatic rings. The van der Waals surface area contributed by atoms with Crippen LogP contribution in [0.2, 0.25) is 5.02 Å². The molecule has 0 saturated heterocycles. The Bertz CT molecular complexity index is 1000. The lowest BCUT2D eigenvalue weighted by Gasteiger charge is -2.15. The fourth-order valence-corrected chi connectivity index (χ4v) is 2.75. The van der Waals surface area contributed by atoms with Crippen molar-refractivity contribution in [2.75, 3.05) is 13.7 Å². The number of methoxy groups -OCH3 is 1. The van der Waals surface area contributed by atoms with Crippen molar-refractivity contribution in [2.45, 2.75) is 6.10 Å². The molecule has 0 spiro atoms. The normalized spacial score (nSPS) is 11.9. The molecule has 0 aliphatic heterocycles. The monoisotopic (exact) mass is 409 g/mol. The van der Waals surface area contributed by atoms with E-state index in [9.17, 15) is 18.7 Å². The van der Waals surface area contributed by atoms with E-state index in [0.29, 0.717) is 11.8 Å². The molecule has 0 radical (unpaired) electrons. The molecule has 0 fully saturated rings. The molecule has 1 aromatic heterocycles. The number of nitrogens with zero attached hydrogens (tertiary/aromatic N) is 4. The number of amides is 1. The van der Waals surface area contributed by atoms with E-state index < -0.39 is 23.6 Å². The van der Waals surface area contributed by atoms with Gasteiger partial charge in [0.15, 0.2) is 0 Å². The average molecular weight is 410 g/mol. The maximum atomic E-state index is 13.7. The van der Waals surface area contributed by atoms with Crippen LogP contribution >= 0.6 is 11.6 Å². The number of nitrogens with one attached hydrogen (secondary N) is 1. The molecular weight excluding hydrogens is 396 g/mol. The summed E-state index contributed by atoms with van der Waals surface area (Å²) in [6.45, 7) is -0.309. The van der Waals surface area contributed by atoms with Gasteiger partial charge in [-0.3, -0.25) is 4.79 Å². The molecule has 1 heterocycles. The molecule has 3 aromatic rings. The lowest BCUT2D eigenvalue weighted by Crippen LogP contribution is -2.29. The van der Waals surface area contributed by atoms with Crippen molar-refractivity contribution in [1.82, 2.24) is 25.5 Å². The third-order valence-corrected chi connectivity index (χ3v) is 4.19. The van der Waals surface area contributed by atoms with Gasteiger partial charge in [-0.05, 0) is 22.6 Å². The zero-order valence-electron chi connectivity index (χ0n) is 14.4. The SMILES string of the molecule is COc1cc(-n2cnnn2)c(Cl)cc1C(=O)NCC(O)c1ccc(F)cc1F. The van der Waals surface area contributed by atoms with E-state index in [1.165, 1.54) is 30.3 Å². The number of aliphatic hydroxyl groups is 1. The molecule has 3 rings (SSSR count). The van der Waals surface area contributed by atoms with Crippen LogP contribution in [0, 0.1) is 11.6 Å². The van der Waals surface area contributed by atoms with Crippen molar-refractivity contribution in [2.24, 2.45) is 0 Å². The predicted octanol–water partition coefficient (Wildman–Crippen LogP) is 2.07. The highest BCUT2D eigenvalue weighted by Crippen LogP contribution is 2.29. The summed E-state index contributed by atoms with van der Waals surface area (Å²) in [5.41, 5.74) is 0.352.